The van der Waals surface area contributed by atoms with E-state index < -0.39 is 0 Å². The molecule has 2 heterocycles. The second-order valence-electron chi connectivity index (χ2n) is 4.34. The Kier molecular flexibility index (Phi) is 4.30. The number of nitrogens with zero attached hydrogens (tertiary/aromatic N) is 2. The van der Waals surface area contributed by atoms with Crippen molar-refractivity contribution in [2.24, 2.45) is 0 Å². The van der Waals surface area contributed by atoms with Crippen LogP contribution in [0.1, 0.15) is 18.9 Å². The van der Waals surface area contributed by atoms with E-state index in [2.05, 4.69) is 27.6 Å². The van der Waals surface area contributed by atoms with Gasteiger partial charge in [-0.2, -0.15) is 0 Å². The molecule has 0 aliphatic carbocycles. The smallest absolute Gasteiger partial charge is 0.147 e. The first-order valence-electron chi connectivity index (χ1n) is 5.74. The molecule has 98 valence electrons. The molecule has 0 bridgehead atoms. The molecule has 2 aromatic heterocycles. The van der Waals surface area contributed by atoms with Crippen LogP contribution in [0, 0.1) is 6.92 Å². The molecule has 1 N–H and O–H groups in total. The van der Waals surface area contributed by atoms with E-state index in [1.165, 1.54) is 5.56 Å². The van der Waals surface area contributed by atoms with E-state index in [0.717, 1.165) is 22.5 Å². The summed E-state index contributed by atoms with van der Waals surface area (Å²) >= 11 is 13.7. The number of thiophene rings is 1. The predicted molar refractivity (Wildman–Crippen MR) is 80.2 cm³/mol. The fraction of sp³-hybridized carbons (Fsp3) is 0.500. The van der Waals surface area contributed by atoms with E-state index in [9.17, 15) is 0 Å². The zero-order valence-corrected chi connectivity index (χ0v) is 12.7. The molecule has 0 atom stereocenters. The number of hydrogen-bond acceptors (Lipinski definition) is 4. The molecular weight excluding hydrogens is 289 g/mol. The molecule has 0 aromatic carbocycles. The monoisotopic (exact) mass is 303 g/mol. The number of anilines is 1. The first-order valence-corrected chi connectivity index (χ1v) is 7.69. The van der Waals surface area contributed by atoms with Gasteiger partial charge in [-0.25, -0.2) is 9.97 Å². The van der Waals surface area contributed by atoms with Crippen LogP contribution in [0.4, 0.5) is 5.82 Å². The average molecular weight is 304 g/mol. The largest absolute Gasteiger partial charge is 0.361 e. The van der Waals surface area contributed by atoms with Gasteiger partial charge in [0.2, 0.25) is 0 Å². The van der Waals surface area contributed by atoms with Crippen molar-refractivity contribution in [3.63, 3.8) is 0 Å². The number of hydrogen-bond donors (Lipinski definition) is 1. The van der Waals surface area contributed by atoms with Gasteiger partial charge in [-0.05, 0) is 24.3 Å². The summed E-state index contributed by atoms with van der Waals surface area (Å²) in [5.74, 6) is 1.72. The SMILES string of the molecule is CCC(CCl)(CCl)Nc1ncnc2c(C)csc12. The van der Waals surface area contributed by atoms with E-state index >= 15 is 0 Å². The molecule has 0 spiro atoms. The summed E-state index contributed by atoms with van der Waals surface area (Å²) in [7, 11) is 0. The highest BCUT2D eigenvalue weighted by atomic mass is 35.5. The molecule has 0 unspecified atom stereocenters. The summed E-state index contributed by atoms with van der Waals surface area (Å²) in [6.07, 6.45) is 2.42. The quantitative estimate of drug-likeness (QED) is 0.847. The molecule has 0 fully saturated rings. The number of aromatic nitrogens is 2. The Bertz CT molecular complexity index is 529. The van der Waals surface area contributed by atoms with Crippen molar-refractivity contribution in [3.8, 4) is 0 Å². The van der Waals surface area contributed by atoms with Crippen molar-refractivity contribution in [1.82, 2.24) is 9.97 Å². The minimum atomic E-state index is -0.317. The molecular formula is C12H15Cl2N3S. The van der Waals surface area contributed by atoms with Gasteiger partial charge in [0.05, 0.1) is 15.8 Å². The van der Waals surface area contributed by atoms with Gasteiger partial charge >= 0.3 is 0 Å². The highest BCUT2D eigenvalue weighted by Crippen LogP contribution is 2.31. The van der Waals surface area contributed by atoms with E-state index in [1.807, 2.05) is 6.92 Å². The average Bonchev–Trinajstić information content (AvgIpc) is 2.79. The highest BCUT2D eigenvalue weighted by Gasteiger charge is 2.27. The van der Waals surface area contributed by atoms with Crippen molar-refractivity contribution in [3.05, 3.63) is 17.3 Å². The summed E-state index contributed by atoms with van der Waals surface area (Å²) < 4.78 is 1.06. The van der Waals surface area contributed by atoms with Gasteiger partial charge < -0.3 is 5.32 Å². The van der Waals surface area contributed by atoms with Crippen LogP contribution in [0.5, 0.6) is 0 Å². The Hall–Kier alpha value is -0.580. The zero-order valence-electron chi connectivity index (χ0n) is 10.3. The molecule has 2 aromatic rings. The topological polar surface area (TPSA) is 37.8 Å². The van der Waals surface area contributed by atoms with Crippen LogP contribution in [0.3, 0.4) is 0 Å². The van der Waals surface area contributed by atoms with Crippen molar-refractivity contribution < 1.29 is 0 Å². The summed E-state index contributed by atoms with van der Waals surface area (Å²) in [5.41, 5.74) is 1.84. The van der Waals surface area contributed by atoms with E-state index in [-0.39, 0.29) is 5.54 Å². The lowest BCUT2D eigenvalue weighted by Gasteiger charge is -2.30. The molecule has 0 saturated heterocycles. The third kappa shape index (κ3) is 2.42. The van der Waals surface area contributed by atoms with Crippen LogP contribution in [-0.2, 0) is 0 Å². The third-order valence-corrected chi connectivity index (χ3v) is 5.22. The highest BCUT2D eigenvalue weighted by molar-refractivity contribution is 7.18. The minimum Gasteiger partial charge on any atom is -0.361 e. The maximum atomic E-state index is 6.04. The van der Waals surface area contributed by atoms with Gasteiger partial charge in [-0.15, -0.1) is 34.5 Å². The Morgan fingerprint density at radius 1 is 1.33 bits per heavy atom. The van der Waals surface area contributed by atoms with E-state index in [0.29, 0.717) is 11.8 Å². The summed E-state index contributed by atoms with van der Waals surface area (Å²) in [4.78, 5) is 8.62. The minimum absolute atomic E-state index is 0.317. The van der Waals surface area contributed by atoms with Crippen LogP contribution < -0.4 is 5.32 Å². The summed E-state index contributed by atoms with van der Waals surface area (Å²) in [5, 5.41) is 5.48. The van der Waals surface area contributed by atoms with Crippen LogP contribution in [0.15, 0.2) is 11.7 Å². The van der Waals surface area contributed by atoms with Gasteiger partial charge in [-0.1, -0.05) is 6.92 Å². The van der Waals surface area contributed by atoms with E-state index in [4.69, 9.17) is 23.2 Å². The fourth-order valence-electron chi connectivity index (χ4n) is 1.69. The van der Waals surface area contributed by atoms with Crippen LogP contribution >= 0.6 is 34.5 Å². The molecule has 6 heteroatoms. The molecule has 0 radical (unpaired) electrons. The Balaban J connectivity index is 2.42. The number of halogens is 2. The lowest BCUT2D eigenvalue weighted by atomic mass is 10.0. The van der Waals surface area contributed by atoms with Gasteiger partial charge in [0.15, 0.2) is 0 Å². The lowest BCUT2D eigenvalue weighted by molar-refractivity contribution is 0.558. The number of aryl methyl sites for hydroxylation is 1. The number of alkyl halides is 2. The summed E-state index contributed by atoms with van der Waals surface area (Å²) in [6.45, 7) is 4.11. The third-order valence-electron chi connectivity index (χ3n) is 3.10. The van der Waals surface area contributed by atoms with Crippen LogP contribution in [-0.4, -0.2) is 27.3 Å². The van der Waals surface area contributed by atoms with Crippen molar-refractivity contribution in [2.45, 2.75) is 25.8 Å². The van der Waals surface area contributed by atoms with Gasteiger partial charge in [-0.3, -0.25) is 0 Å². The second kappa shape index (κ2) is 5.59. The maximum absolute atomic E-state index is 6.04. The Morgan fingerprint density at radius 3 is 2.67 bits per heavy atom. The first-order chi connectivity index (χ1) is 8.65. The van der Waals surface area contributed by atoms with Crippen LogP contribution in [0.25, 0.3) is 10.2 Å². The Morgan fingerprint density at radius 2 is 2.06 bits per heavy atom. The lowest BCUT2D eigenvalue weighted by Crippen LogP contribution is -2.42. The normalized spacial score (nSPS) is 12.0. The predicted octanol–water partition coefficient (Wildman–Crippen LogP) is 4.04. The van der Waals surface area contributed by atoms with E-state index in [1.54, 1.807) is 17.7 Å². The number of fused-ring (bicyclic) bond motifs is 1. The standard InChI is InChI=1S/C12H15Cl2N3S/c1-3-12(5-13,6-14)17-11-10-9(15-7-16-11)8(2)4-18-10/h4,7H,3,5-6H2,1-2H3,(H,15,16,17). The van der Waals surface area contributed by atoms with Crippen molar-refractivity contribution in [2.75, 3.05) is 17.1 Å². The zero-order chi connectivity index (χ0) is 13.2. The molecule has 2 rings (SSSR count). The van der Waals surface area contributed by atoms with Gasteiger partial charge in [0.25, 0.3) is 0 Å². The molecule has 18 heavy (non-hydrogen) atoms. The van der Waals surface area contributed by atoms with Crippen molar-refractivity contribution >= 4 is 50.6 Å². The molecule has 3 nitrogen and oxygen atoms in total. The molecule has 0 saturated carbocycles. The summed E-state index contributed by atoms with van der Waals surface area (Å²) in [6, 6.07) is 0. The molecule has 0 aliphatic rings. The maximum Gasteiger partial charge on any atom is 0.147 e. The molecule has 0 amide bonds. The van der Waals surface area contributed by atoms with Crippen molar-refractivity contribution in [1.29, 1.82) is 0 Å². The number of rotatable bonds is 5. The first kappa shape index (κ1) is 13.8. The number of nitrogens with one attached hydrogen (secondary N) is 1. The fourth-order valence-corrected chi connectivity index (χ4v) is 3.43. The molecule has 0 aliphatic heterocycles. The Labute approximate surface area is 121 Å². The van der Waals surface area contributed by atoms with Crippen LogP contribution in [0.2, 0.25) is 0 Å². The second-order valence-corrected chi connectivity index (χ2v) is 5.76. The van der Waals surface area contributed by atoms with Gasteiger partial charge in [0, 0.05) is 11.8 Å². The van der Waals surface area contributed by atoms with Gasteiger partial charge in [0.1, 0.15) is 12.1 Å².